The summed E-state index contributed by atoms with van der Waals surface area (Å²) in [6.07, 6.45) is -1.55. The maximum atomic E-state index is 13.9. The largest absolute Gasteiger partial charge is 0.478 e. The first-order chi connectivity index (χ1) is 37.9. The van der Waals surface area contributed by atoms with Gasteiger partial charge in [0.2, 0.25) is 11.3 Å². The van der Waals surface area contributed by atoms with E-state index in [1.807, 2.05) is 74.1 Å². The third-order valence-corrected chi connectivity index (χ3v) is 14.6. The summed E-state index contributed by atoms with van der Waals surface area (Å²) in [5.74, 6) is -1.91. The Morgan fingerprint density at radius 2 is 1.42 bits per heavy atom. The number of carbonyl (C=O) groups is 3. The van der Waals surface area contributed by atoms with Gasteiger partial charge in [-0.3, -0.25) is 9.59 Å². The molecule has 4 aliphatic rings. The average Bonchev–Trinajstić information content (AvgIpc) is 3.44. The highest BCUT2D eigenvalue weighted by atomic mass is 16.7. The molecule has 11 N–H and O–H groups in total. The van der Waals surface area contributed by atoms with Crippen LogP contribution in [0.1, 0.15) is 111 Å². The Morgan fingerprint density at radius 1 is 0.759 bits per heavy atom. The van der Waals surface area contributed by atoms with Gasteiger partial charge in [-0.2, -0.15) is 0 Å². The van der Waals surface area contributed by atoms with E-state index >= 15 is 0 Å². The van der Waals surface area contributed by atoms with E-state index < -0.39 is 111 Å². The van der Waals surface area contributed by atoms with Crippen LogP contribution < -0.4 is 25.5 Å². The zero-order valence-electron chi connectivity index (χ0n) is 46.0. The van der Waals surface area contributed by atoms with Crippen LogP contribution in [0.15, 0.2) is 71.2 Å². The number of aliphatic hydroxyl groups excluding tert-OH is 8. The first kappa shape index (κ1) is 62.8. The number of amides is 2. The van der Waals surface area contributed by atoms with E-state index in [9.17, 15) is 60.3 Å². The van der Waals surface area contributed by atoms with Gasteiger partial charge in [-0.05, 0) is 54.8 Å². The Labute approximate surface area is 461 Å². The van der Waals surface area contributed by atoms with Crippen LogP contribution in [0.5, 0.6) is 0 Å². The van der Waals surface area contributed by atoms with Crippen molar-refractivity contribution in [2.45, 2.75) is 164 Å². The smallest absolute Gasteiger partial charge is 0.336 e. The van der Waals surface area contributed by atoms with Crippen molar-refractivity contribution in [1.82, 2.24) is 15.2 Å². The summed E-state index contributed by atoms with van der Waals surface area (Å²) in [4.78, 5) is 42.2. The van der Waals surface area contributed by atoms with E-state index in [2.05, 4.69) is 17.6 Å². The van der Waals surface area contributed by atoms with Crippen molar-refractivity contribution in [3.63, 3.8) is 0 Å². The fraction of sp³-hybridized carbons (Fsp3) is 0.586. The summed E-state index contributed by atoms with van der Waals surface area (Å²) in [7, 11) is 7.58. The quantitative estimate of drug-likeness (QED) is 0.0161. The average molecular weight is 1110 g/mol. The Hall–Kier alpha value is -5.40. The topological polar surface area (TPSA) is 314 Å². The van der Waals surface area contributed by atoms with Crippen molar-refractivity contribution in [2.75, 3.05) is 59.5 Å². The number of nitrogens with zero attached hydrogens (tertiary/aromatic N) is 2. The fourth-order valence-corrected chi connectivity index (χ4v) is 9.88. The van der Waals surface area contributed by atoms with Crippen LogP contribution in [0.2, 0.25) is 0 Å². The highest BCUT2D eigenvalue weighted by Gasteiger charge is 2.51. The van der Waals surface area contributed by atoms with Gasteiger partial charge in [0.05, 0.1) is 43.6 Å². The summed E-state index contributed by atoms with van der Waals surface area (Å²) >= 11 is 0. The number of carboxylic acids is 1. The normalized spacial score (nSPS) is 24.2. The SMILES string of the molecule is CCCCCCCCCCCCC/C=C/[C@@H](O)[C@H](CO[C@@H]1O[C@H](CO)[C@H](O[C@H]2O[C@H](CO)[C@H](O)[C@H](O)[C@H]2O)[C@H](O)[C@H]1O)NC(=O)CCNC(=O)c1ccc(C(=O)O)c(-c2c3ccc(=[N+](C)C)cc-3oc3cc(N(C)C)ccc23)c1. The van der Waals surface area contributed by atoms with Crippen LogP contribution in [0.3, 0.4) is 0 Å². The number of hydrogen-bond donors (Lipinski definition) is 11. The van der Waals surface area contributed by atoms with Gasteiger partial charge in [0, 0.05) is 67.0 Å². The molecule has 21 nitrogen and oxygen atoms in total. The second-order valence-corrected chi connectivity index (χ2v) is 21.0. The molecule has 0 aromatic heterocycles. The van der Waals surface area contributed by atoms with Gasteiger partial charge >= 0.3 is 5.97 Å². The van der Waals surface area contributed by atoms with Crippen molar-refractivity contribution in [2.24, 2.45) is 0 Å². The lowest BCUT2D eigenvalue weighted by Crippen LogP contribution is -2.65. The Morgan fingerprint density at radius 3 is 2.06 bits per heavy atom. The molecule has 2 saturated heterocycles. The molecular formula is C58H83N4O17+. The van der Waals surface area contributed by atoms with E-state index in [0.29, 0.717) is 34.3 Å². The molecule has 79 heavy (non-hydrogen) atoms. The lowest BCUT2D eigenvalue weighted by molar-refractivity contribution is -0.359. The summed E-state index contributed by atoms with van der Waals surface area (Å²) in [6, 6.07) is 14.3. The van der Waals surface area contributed by atoms with E-state index in [-0.39, 0.29) is 29.7 Å². The minimum atomic E-state index is -1.87. The number of aliphatic hydroxyl groups is 8. The van der Waals surface area contributed by atoms with Gasteiger partial charge in [0.25, 0.3) is 5.91 Å². The molecular weight excluding hydrogens is 1020 g/mol. The first-order valence-corrected chi connectivity index (χ1v) is 27.6. The third-order valence-electron chi connectivity index (χ3n) is 14.6. The van der Waals surface area contributed by atoms with Crippen molar-refractivity contribution in [3.8, 4) is 22.5 Å². The summed E-state index contributed by atoms with van der Waals surface area (Å²) in [6.45, 7) is -0.0249. The number of carbonyl (C=O) groups excluding carboxylic acids is 2. The molecule has 6 rings (SSSR count). The predicted molar refractivity (Wildman–Crippen MR) is 294 cm³/mol. The third kappa shape index (κ3) is 16.6. The van der Waals surface area contributed by atoms with Gasteiger partial charge < -0.3 is 84.9 Å². The summed E-state index contributed by atoms with van der Waals surface area (Å²) in [5.41, 5.74) is 2.87. The summed E-state index contributed by atoms with van der Waals surface area (Å²) in [5, 5.41) is 102. The number of rotatable bonds is 29. The van der Waals surface area contributed by atoms with Gasteiger partial charge in [0.15, 0.2) is 12.6 Å². The van der Waals surface area contributed by atoms with Gasteiger partial charge in [-0.25, -0.2) is 9.37 Å². The number of benzene rings is 3. The lowest BCUT2D eigenvalue weighted by Gasteiger charge is -2.46. The molecule has 3 aliphatic heterocycles. The molecule has 0 radical (unpaired) electrons. The molecule has 0 saturated carbocycles. The second kappa shape index (κ2) is 30.4. The van der Waals surface area contributed by atoms with Crippen molar-refractivity contribution in [3.05, 3.63) is 83.2 Å². The van der Waals surface area contributed by atoms with Gasteiger partial charge in [-0.1, -0.05) is 83.3 Å². The molecule has 12 atom stereocenters. The van der Waals surface area contributed by atoms with Crippen LogP contribution >= 0.6 is 0 Å². The first-order valence-electron chi connectivity index (χ1n) is 27.6. The van der Waals surface area contributed by atoms with Crippen LogP contribution in [0, 0.1) is 0 Å². The Bertz CT molecular complexity index is 2670. The van der Waals surface area contributed by atoms with Crippen molar-refractivity contribution in [1.29, 1.82) is 0 Å². The number of ether oxygens (including phenoxy) is 4. The standard InChI is InChI=1S/C58H82N4O17/c1-6-7-8-9-10-11-12-13-14-15-16-17-18-19-42(65)41(33-75-57-53(71)51(69)54(46(32-64)78-57)79-58-52(70)50(68)49(67)45(31-63)77-58)60-47(66)26-27-59-55(72)34-20-23-37(56(73)74)40(28-34)48-38-24-21-35(61(2)3)29-43(38)76-44-30-36(62(4)5)22-25-39(44)48/h18-25,28-30,41-42,45-46,49-54,57-58,63-65,67-71H,6-17,26-27,31-33H2,1-5H3,(H2-,59,60,66,72,73,74)/p+1/b19-18+/t41-,42+,45+,46+,49-,50-,51+,52+,53+,54-,57+,58+/m0/s1. The van der Waals surface area contributed by atoms with E-state index in [1.54, 1.807) is 6.08 Å². The number of unbranched alkanes of at least 4 members (excludes halogenated alkanes) is 11. The Balaban J connectivity index is 1.13. The van der Waals surface area contributed by atoms with Crippen molar-refractivity contribution < 1.29 is 83.7 Å². The number of fused-ring (bicyclic) bond motifs is 2. The van der Waals surface area contributed by atoms with Crippen LogP contribution in [0.25, 0.3) is 33.4 Å². The predicted octanol–water partition coefficient (Wildman–Crippen LogP) is 2.86. The zero-order valence-corrected chi connectivity index (χ0v) is 46.0. The number of nitrogens with one attached hydrogen (secondary N) is 2. The number of hydrogen-bond acceptors (Lipinski definition) is 17. The van der Waals surface area contributed by atoms with Gasteiger partial charge in [-0.15, -0.1) is 0 Å². The van der Waals surface area contributed by atoms with Crippen molar-refractivity contribution >= 4 is 34.4 Å². The number of aromatic carboxylic acids is 1. The molecule has 0 unspecified atom stereocenters. The molecule has 2 aromatic rings. The molecule has 2 amide bonds. The second-order valence-electron chi connectivity index (χ2n) is 21.0. The van der Waals surface area contributed by atoms with E-state index in [0.717, 1.165) is 36.7 Å². The minimum absolute atomic E-state index is 0.0495. The van der Waals surface area contributed by atoms with E-state index in [1.165, 1.54) is 69.2 Å². The summed E-state index contributed by atoms with van der Waals surface area (Å²) < 4.78 is 31.1. The highest BCUT2D eigenvalue weighted by molar-refractivity contribution is 6.09. The molecule has 2 fully saturated rings. The molecule has 0 spiro atoms. The maximum absolute atomic E-state index is 13.9. The minimum Gasteiger partial charge on any atom is -0.478 e. The molecule has 21 heteroatoms. The molecule has 436 valence electrons. The number of carboxylic acid groups (broad SMARTS) is 1. The number of allylic oxidation sites excluding steroid dienone is 1. The monoisotopic (exact) mass is 1110 g/mol. The molecule has 0 bridgehead atoms. The van der Waals surface area contributed by atoms with Crippen LogP contribution in [-0.4, -0.2) is 192 Å². The van der Waals surface area contributed by atoms with Crippen LogP contribution in [-0.2, 0) is 23.7 Å². The van der Waals surface area contributed by atoms with Gasteiger partial charge in [0.1, 0.15) is 74.3 Å². The zero-order chi connectivity index (χ0) is 57.3. The molecule has 1 aliphatic carbocycles. The fourth-order valence-electron chi connectivity index (χ4n) is 9.88. The van der Waals surface area contributed by atoms with Crippen LogP contribution in [0.4, 0.5) is 5.69 Å². The number of anilines is 1. The van der Waals surface area contributed by atoms with E-state index in [4.69, 9.17) is 23.4 Å². The molecule has 3 heterocycles. The Kier molecular flexibility index (Phi) is 24.2. The highest BCUT2D eigenvalue weighted by Crippen LogP contribution is 2.42. The lowest BCUT2D eigenvalue weighted by atomic mass is 9.89. The molecule has 2 aromatic carbocycles. The maximum Gasteiger partial charge on any atom is 0.336 e.